The first-order valence-electron chi connectivity index (χ1n) is 5.37. The van der Waals surface area contributed by atoms with E-state index in [2.05, 4.69) is 18.5 Å². The molecule has 0 saturated carbocycles. The van der Waals surface area contributed by atoms with E-state index in [0.717, 1.165) is 5.56 Å². The first kappa shape index (κ1) is 13.2. The van der Waals surface area contributed by atoms with Gasteiger partial charge in [0.2, 0.25) is 0 Å². The van der Waals surface area contributed by atoms with Crippen LogP contribution in [0.5, 0.6) is 0 Å². The second-order valence-corrected chi connectivity index (χ2v) is 3.56. The molecular weight excluding hydrogens is 214 g/mol. The van der Waals surface area contributed by atoms with Crippen molar-refractivity contribution in [2.75, 3.05) is 13.7 Å². The van der Waals surface area contributed by atoms with Gasteiger partial charge in [0.1, 0.15) is 0 Å². The van der Waals surface area contributed by atoms with Crippen molar-refractivity contribution >= 4 is 5.97 Å². The Morgan fingerprint density at radius 1 is 1.47 bits per heavy atom. The van der Waals surface area contributed by atoms with E-state index in [-0.39, 0.29) is 6.04 Å². The Morgan fingerprint density at radius 2 is 2.12 bits per heavy atom. The van der Waals surface area contributed by atoms with Gasteiger partial charge in [0.15, 0.2) is 0 Å². The topological polar surface area (TPSA) is 38.3 Å². The molecule has 1 aromatic carbocycles. The smallest absolute Gasteiger partial charge is 0.335 e. The van der Waals surface area contributed by atoms with Gasteiger partial charge in [0.05, 0.1) is 18.7 Å². The average molecular weight is 231 g/mol. The summed E-state index contributed by atoms with van der Waals surface area (Å²) in [6.07, 6.45) is 1.74. The van der Waals surface area contributed by atoms with Gasteiger partial charge in [0, 0.05) is 6.54 Å². The van der Waals surface area contributed by atoms with Crippen LogP contribution in [-0.2, 0) is 9.53 Å². The van der Waals surface area contributed by atoms with E-state index in [1.165, 1.54) is 7.11 Å². The molecule has 0 bridgehead atoms. The molecular formula is C14H17NO2. The zero-order valence-corrected chi connectivity index (χ0v) is 9.98. The number of nitrogens with one attached hydrogen (secondary N) is 1. The molecule has 0 aliphatic heterocycles. The van der Waals surface area contributed by atoms with E-state index in [4.69, 9.17) is 4.74 Å². The number of rotatable bonds is 6. The SMILES string of the molecule is C=CCNC(C(=C)C(=O)OC)c1ccccc1. The first-order chi connectivity index (χ1) is 8.20. The fraction of sp³-hybridized carbons (Fsp3) is 0.214. The molecule has 0 amide bonds. The molecule has 1 unspecified atom stereocenters. The summed E-state index contributed by atoms with van der Waals surface area (Å²) in [6, 6.07) is 9.39. The summed E-state index contributed by atoms with van der Waals surface area (Å²) in [5, 5.41) is 3.18. The minimum absolute atomic E-state index is 0.248. The molecule has 3 nitrogen and oxygen atoms in total. The van der Waals surface area contributed by atoms with Crippen LogP contribution in [0.1, 0.15) is 11.6 Å². The molecule has 17 heavy (non-hydrogen) atoms. The maximum absolute atomic E-state index is 11.5. The quantitative estimate of drug-likeness (QED) is 0.463. The summed E-state index contributed by atoms with van der Waals surface area (Å²) in [4.78, 5) is 11.5. The first-order valence-corrected chi connectivity index (χ1v) is 5.37. The summed E-state index contributed by atoms with van der Waals surface area (Å²) in [5.41, 5.74) is 1.37. The van der Waals surface area contributed by atoms with Gasteiger partial charge in [-0.05, 0) is 5.56 Å². The van der Waals surface area contributed by atoms with E-state index in [9.17, 15) is 4.79 Å². The lowest BCUT2D eigenvalue weighted by molar-refractivity contribution is -0.136. The molecule has 1 aromatic rings. The van der Waals surface area contributed by atoms with Gasteiger partial charge in [-0.1, -0.05) is 43.0 Å². The van der Waals surface area contributed by atoms with Crippen molar-refractivity contribution in [2.45, 2.75) is 6.04 Å². The Hall–Kier alpha value is -1.87. The van der Waals surface area contributed by atoms with E-state index in [0.29, 0.717) is 12.1 Å². The molecule has 1 atom stereocenters. The van der Waals surface area contributed by atoms with Gasteiger partial charge in [-0.3, -0.25) is 0 Å². The highest BCUT2D eigenvalue weighted by Crippen LogP contribution is 2.20. The summed E-state index contributed by atoms with van der Waals surface area (Å²) in [6.45, 7) is 8.02. The van der Waals surface area contributed by atoms with Crippen LogP contribution in [0, 0.1) is 0 Å². The molecule has 0 aliphatic rings. The van der Waals surface area contributed by atoms with Crippen molar-refractivity contribution in [3.63, 3.8) is 0 Å². The van der Waals surface area contributed by atoms with Crippen LogP contribution in [0.25, 0.3) is 0 Å². The molecule has 0 heterocycles. The van der Waals surface area contributed by atoms with Crippen LogP contribution in [0.15, 0.2) is 55.1 Å². The zero-order valence-electron chi connectivity index (χ0n) is 9.98. The van der Waals surface area contributed by atoms with E-state index >= 15 is 0 Å². The number of esters is 1. The minimum atomic E-state index is -0.407. The summed E-state index contributed by atoms with van der Waals surface area (Å²) >= 11 is 0. The highest BCUT2D eigenvalue weighted by atomic mass is 16.5. The Labute approximate surface area is 102 Å². The van der Waals surface area contributed by atoms with Gasteiger partial charge >= 0.3 is 5.97 Å². The van der Waals surface area contributed by atoms with Gasteiger partial charge in [-0.15, -0.1) is 6.58 Å². The third-order valence-corrected chi connectivity index (χ3v) is 2.40. The van der Waals surface area contributed by atoms with Gasteiger partial charge in [0.25, 0.3) is 0 Å². The fourth-order valence-corrected chi connectivity index (χ4v) is 1.54. The molecule has 0 saturated heterocycles. The normalized spacial score (nSPS) is 11.6. The molecule has 1 N–H and O–H groups in total. The fourth-order valence-electron chi connectivity index (χ4n) is 1.54. The van der Waals surface area contributed by atoms with E-state index in [1.54, 1.807) is 6.08 Å². The largest absolute Gasteiger partial charge is 0.466 e. The minimum Gasteiger partial charge on any atom is -0.466 e. The van der Waals surface area contributed by atoms with Crippen LogP contribution in [-0.4, -0.2) is 19.6 Å². The zero-order chi connectivity index (χ0) is 12.7. The molecule has 0 fully saturated rings. The monoisotopic (exact) mass is 231 g/mol. The lowest BCUT2D eigenvalue weighted by Gasteiger charge is -2.19. The molecule has 1 rings (SSSR count). The number of carbonyl (C=O) groups is 1. The van der Waals surface area contributed by atoms with Crippen LogP contribution in [0.2, 0.25) is 0 Å². The number of hydrogen-bond acceptors (Lipinski definition) is 3. The highest BCUT2D eigenvalue weighted by molar-refractivity contribution is 5.89. The van der Waals surface area contributed by atoms with Crippen LogP contribution in [0.4, 0.5) is 0 Å². The van der Waals surface area contributed by atoms with Gasteiger partial charge in [-0.2, -0.15) is 0 Å². The second kappa shape index (κ2) is 6.66. The molecule has 90 valence electrons. The van der Waals surface area contributed by atoms with Crippen molar-refractivity contribution in [3.05, 3.63) is 60.7 Å². The molecule has 0 aromatic heterocycles. The third-order valence-electron chi connectivity index (χ3n) is 2.40. The number of ether oxygens (including phenoxy) is 1. The maximum Gasteiger partial charge on any atom is 0.335 e. The standard InChI is InChI=1S/C14H17NO2/c1-4-10-15-13(11(2)14(16)17-3)12-8-6-5-7-9-12/h4-9,13,15H,1-2,10H2,3H3. The summed E-state index contributed by atoms with van der Waals surface area (Å²) in [5.74, 6) is -0.407. The van der Waals surface area contributed by atoms with Crippen molar-refractivity contribution in [2.24, 2.45) is 0 Å². The average Bonchev–Trinajstić information content (AvgIpc) is 2.39. The Bertz CT molecular complexity index is 398. The summed E-state index contributed by atoms with van der Waals surface area (Å²) < 4.78 is 4.69. The van der Waals surface area contributed by atoms with Crippen molar-refractivity contribution in [1.29, 1.82) is 0 Å². The van der Waals surface area contributed by atoms with Gasteiger partial charge < -0.3 is 10.1 Å². The second-order valence-electron chi connectivity index (χ2n) is 3.56. The Kier molecular flexibility index (Phi) is 5.17. The summed E-state index contributed by atoms with van der Waals surface area (Å²) in [7, 11) is 1.35. The van der Waals surface area contributed by atoms with E-state index < -0.39 is 5.97 Å². The van der Waals surface area contributed by atoms with Crippen molar-refractivity contribution < 1.29 is 9.53 Å². The number of carbonyl (C=O) groups excluding carboxylic acids is 1. The number of hydrogen-bond donors (Lipinski definition) is 1. The van der Waals surface area contributed by atoms with Crippen LogP contribution < -0.4 is 5.32 Å². The molecule has 0 aliphatic carbocycles. The van der Waals surface area contributed by atoms with Gasteiger partial charge in [-0.25, -0.2) is 4.79 Å². The molecule has 0 radical (unpaired) electrons. The molecule has 3 heteroatoms. The number of benzene rings is 1. The Morgan fingerprint density at radius 3 is 2.65 bits per heavy atom. The van der Waals surface area contributed by atoms with E-state index in [1.807, 2.05) is 30.3 Å². The van der Waals surface area contributed by atoms with Crippen molar-refractivity contribution in [1.82, 2.24) is 5.32 Å². The number of methoxy groups -OCH3 is 1. The lowest BCUT2D eigenvalue weighted by atomic mass is 10.00. The Balaban J connectivity index is 2.91. The molecule has 0 spiro atoms. The van der Waals surface area contributed by atoms with Crippen molar-refractivity contribution in [3.8, 4) is 0 Å². The van der Waals surface area contributed by atoms with Crippen LogP contribution in [0.3, 0.4) is 0 Å². The van der Waals surface area contributed by atoms with Crippen LogP contribution >= 0.6 is 0 Å². The lowest BCUT2D eigenvalue weighted by Crippen LogP contribution is -2.26. The predicted octanol–water partition coefficient (Wildman–Crippen LogP) is 2.23. The maximum atomic E-state index is 11.5. The predicted molar refractivity (Wildman–Crippen MR) is 68.5 cm³/mol. The highest BCUT2D eigenvalue weighted by Gasteiger charge is 2.20. The third kappa shape index (κ3) is 3.57.